The number of amides is 1. The zero-order chi connectivity index (χ0) is 17.3. The molecule has 0 saturated heterocycles. The van der Waals surface area contributed by atoms with Crippen LogP contribution in [-0.2, 0) is 11.2 Å². The van der Waals surface area contributed by atoms with Gasteiger partial charge in [0.15, 0.2) is 0 Å². The number of carboxylic acid groups (broad SMARTS) is 1. The third-order valence-electron chi connectivity index (χ3n) is 4.18. The molecular weight excluding hydrogens is 324 g/mol. The predicted molar refractivity (Wildman–Crippen MR) is 91.5 cm³/mol. The fourth-order valence-electron chi connectivity index (χ4n) is 3.06. The molecule has 0 saturated carbocycles. The Kier molecular flexibility index (Phi) is 4.36. The lowest BCUT2D eigenvalue weighted by atomic mass is 9.85. The summed E-state index contributed by atoms with van der Waals surface area (Å²) in [6.07, 6.45) is 2.05. The maximum atomic E-state index is 12.4. The van der Waals surface area contributed by atoms with Gasteiger partial charge >= 0.3 is 5.97 Å². The quantitative estimate of drug-likeness (QED) is 0.891. The van der Waals surface area contributed by atoms with Gasteiger partial charge in [0.2, 0.25) is 0 Å². The summed E-state index contributed by atoms with van der Waals surface area (Å²) >= 11 is 1.32. The zero-order valence-corrected chi connectivity index (χ0v) is 13.9. The topological polar surface area (TPSA) is 90.2 Å². The molecule has 0 radical (unpaired) electrons. The van der Waals surface area contributed by atoms with Crippen LogP contribution in [0.1, 0.15) is 50.7 Å². The Morgan fingerprint density at radius 3 is 2.88 bits per heavy atom. The summed E-state index contributed by atoms with van der Waals surface area (Å²) < 4.78 is 0. The first-order chi connectivity index (χ1) is 11.5. The summed E-state index contributed by atoms with van der Waals surface area (Å²) in [6.45, 7) is 1.90. The molecule has 1 heterocycles. The minimum atomic E-state index is -0.915. The lowest BCUT2D eigenvalue weighted by molar-refractivity contribution is -0.139. The van der Waals surface area contributed by atoms with E-state index in [9.17, 15) is 20.0 Å². The smallest absolute Gasteiger partial charge is 0.311 e. The molecule has 3 rings (SSSR count). The van der Waals surface area contributed by atoms with Crippen molar-refractivity contribution in [1.29, 1.82) is 5.26 Å². The van der Waals surface area contributed by atoms with E-state index in [1.807, 2.05) is 13.0 Å². The van der Waals surface area contributed by atoms with Crippen LogP contribution in [0.2, 0.25) is 0 Å². The van der Waals surface area contributed by atoms with E-state index in [0.717, 1.165) is 23.3 Å². The average molecular weight is 340 g/mol. The summed E-state index contributed by atoms with van der Waals surface area (Å²) in [7, 11) is 0. The van der Waals surface area contributed by atoms with Crippen LogP contribution < -0.4 is 5.32 Å². The maximum absolute atomic E-state index is 12.4. The van der Waals surface area contributed by atoms with Crippen LogP contribution >= 0.6 is 11.3 Å². The van der Waals surface area contributed by atoms with E-state index >= 15 is 0 Å². The largest absolute Gasteiger partial charge is 0.481 e. The fraction of sp³-hybridized carbons (Fsp3) is 0.278. The number of rotatable bonds is 3. The first kappa shape index (κ1) is 16.2. The lowest BCUT2D eigenvalue weighted by Gasteiger charge is -2.18. The van der Waals surface area contributed by atoms with Crippen molar-refractivity contribution in [3.05, 3.63) is 51.4 Å². The Morgan fingerprint density at radius 2 is 2.21 bits per heavy atom. The summed E-state index contributed by atoms with van der Waals surface area (Å²) in [5, 5.41) is 22.1. The molecule has 1 amide bonds. The SMILES string of the molecule is Cc1cccc(C(=O)Nc2sc3c(c2C#N)C(C(=O)O)CCC3)c1. The normalized spacial score (nSPS) is 16.1. The van der Waals surface area contributed by atoms with Gasteiger partial charge in [0.25, 0.3) is 5.91 Å². The van der Waals surface area contributed by atoms with E-state index < -0.39 is 11.9 Å². The number of anilines is 1. The molecule has 1 aliphatic carbocycles. The third kappa shape index (κ3) is 2.91. The van der Waals surface area contributed by atoms with E-state index in [2.05, 4.69) is 11.4 Å². The molecule has 1 aliphatic rings. The molecule has 2 N–H and O–H groups in total. The van der Waals surface area contributed by atoms with Gasteiger partial charge in [-0.25, -0.2) is 0 Å². The first-order valence-electron chi connectivity index (χ1n) is 7.67. The molecule has 0 aliphatic heterocycles. The highest BCUT2D eigenvalue weighted by molar-refractivity contribution is 7.16. The minimum Gasteiger partial charge on any atom is -0.481 e. The molecule has 122 valence electrons. The van der Waals surface area contributed by atoms with Gasteiger partial charge in [0.05, 0.1) is 11.5 Å². The number of nitriles is 1. The number of aliphatic carboxylic acids is 1. The van der Waals surface area contributed by atoms with Crippen molar-refractivity contribution in [2.75, 3.05) is 5.32 Å². The first-order valence-corrected chi connectivity index (χ1v) is 8.49. The zero-order valence-electron chi connectivity index (χ0n) is 13.1. The molecule has 6 heteroatoms. The van der Waals surface area contributed by atoms with E-state index in [0.29, 0.717) is 28.1 Å². The number of fused-ring (bicyclic) bond motifs is 1. The molecule has 24 heavy (non-hydrogen) atoms. The Balaban J connectivity index is 1.97. The van der Waals surface area contributed by atoms with Crippen LogP contribution in [0.15, 0.2) is 24.3 Å². The highest BCUT2D eigenvalue weighted by Gasteiger charge is 2.33. The third-order valence-corrected chi connectivity index (χ3v) is 5.37. The van der Waals surface area contributed by atoms with E-state index in [1.165, 1.54) is 11.3 Å². The van der Waals surface area contributed by atoms with Crippen LogP contribution in [-0.4, -0.2) is 17.0 Å². The van der Waals surface area contributed by atoms with Crippen molar-refractivity contribution in [2.45, 2.75) is 32.1 Å². The number of benzene rings is 1. The van der Waals surface area contributed by atoms with E-state index in [4.69, 9.17) is 0 Å². The Hall–Kier alpha value is -2.65. The molecular formula is C18H16N2O3S. The van der Waals surface area contributed by atoms with Crippen LogP contribution in [0.25, 0.3) is 0 Å². The number of carbonyl (C=O) groups is 2. The number of carbonyl (C=O) groups excluding carboxylic acids is 1. The number of hydrogen-bond acceptors (Lipinski definition) is 4. The van der Waals surface area contributed by atoms with Crippen LogP contribution in [0.5, 0.6) is 0 Å². The molecule has 1 atom stereocenters. The molecule has 1 aromatic heterocycles. The number of aryl methyl sites for hydroxylation is 2. The van der Waals surface area contributed by atoms with Gasteiger partial charge in [0, 0.05) is 16.0 Å². The average Bonchev–Trinajstić information content (AvgIpc) is 2.91. The van der Waals surface area contributed by atoms with Crippen molar-refractivity contribution < 1.29 is 14.7 Å². The summed E-state index contributed by atoms with van der Waals surface area (Å²) in [5.41, 5.74) is 2.36. The van der Waals surface area contributed by atoms with Crippen LogP contribution in [0.3, 0.4) is 0 Å². The lowest BCUT2D eigenvalue weighted by Crippen LogP contribution is -2.17. The van der Waals surface area contributed by atoms with Gasteiger partial charge in [-0.2, -0.15) is 5.26 Å². The molecule has 2 aromatic rings. The molecule has 5 nitrogen and oxygen atoms in total. The number of nitrogens with one attached hydrogen (secondary N) is 1. The minimum absolute atomic E-state index is 0.291. The monoisotopic (exact) mass is 340 g/mol. The van der Waals surface area contributed by atoms with Crippen LogP contribution in [0.4, 0.5) is 5.00 Å². The summed E-state index contributed by atoms with van der Waals surface area (Å²) in [5.74, 6) is -1.87. The predicted octanol–water partition coefficient (Wildman–Crippen LogP) is 3.69. The highest BCUT2D eigenvalue weighted by atomic mass is 32.1. The molecule has 0 spiro atoms. The molecule has 0 bridgehead atoms. The molecule has 0 fully saturated rings. The number of nitrogens with zero attached hydrogens (tertiary/aromatic N) is 1. The highest BCUT2D eigenvalue weighted by Crippen LogP contribution is 2.43. The second kappa shape index (κ2) is 6.46. The Labute approximate surface area is 143 Å². The second-order valence-electron chi connectivity index (χ2n) is 5.86. The number of thiophene rings is 1. The molecule has 1 aromatic carbocycles. The summed E-state index contributed by atoms with van der Waals surface area (Å²) in [4.78, 5) is 24.8. The Bertz CT molecular complexity index is 864. The van der Waals surface area contributed by atoms with Gasteiger partial charge in [-0.05, 0) is 38.3 Å². The van der Waals surface area contributed by atoms with Crippen molar-refractivity contribution in [2.24, 2.45) is 0 Å². The van der Waals surface area contributed by atoms with Crippen molar-refractivity contribution in [3.63, 3.8) is 0 Å². The Morgan fingerprint density at radius 1 is 1.42 bits per heavy atom. The standard InChI is InChI=1S/C18H16N2O3S/c1-10-4-2-5-11(8-10)16(21)20-17-13(9-19)15-12(18(22)23)6-3-7-14(15)24-17/h2,4-5,8,12H,3,6-7H2,1H3,(H,20,21)(H,22,23). The van der Waals surface area contributed by atoms with E-state index in [-0.39, 0.29) is 5.91 Å². The van der Waals surface area contributed by atoms with Crippen molar-refractivity contribution in [1.82, 2.24) is 0 Å². The fourth-order valence-corrected chi connectivity index (χ4v) is 4.31. The van der Waals surface area contributed by atoms with Gasteiger partial charge in [-0.15, -0.1) is 11.3 Å². The van der Waals surface area contributed by atoms with Gasteiger partial charge in [0.1, 0.15) is 11.1 Å². The number of hydrogen-bond donors (Lipinski definition) is 2. The van der Waals surface area contributed by atoms with E-state index in [1.54, 1.807) is 18.2 Å². The van der Waals surface area contributed by atoms with Gasteiger partial charge < -0.3 is 10.4 Å². The second-order valence-corrected chi connectivity index (χ2v) is 6.97. The van der Waals surface area contributed by atoms with Gasteiger partial charge in [-0.3, -0.25) is 9.59 Å². The molecule has 1 unspecified atom stereocenters. The van der Waals surface area contributed by atoms with Crippen molar-refractivity contribution >= 4 is 28.2 Å². The maximum Gasteiger partial charge on any atom is 0.311 e. The van der Waals surface area contributed by atoms with Gasteiger partial charge in [-0.1, -0.05) is 17.7 Å². The van der Waals surface area contributed by atoms with Crippen molar-refractivity contribution in [3.8, 4) is 6.07 Å². The summed E-state index contributed by atoms with van der Waals surface area (Å²) in [6, 6.07) is 9.27. The van der Waals surface area contributed by atoms with Crippen LogP contribution in [0, 0.1) is 18.3 Å². The number of carboxylic acids is 1.